The van der Waals surface area contributed by atoms with Crippen LogP contribution < -0.4 is 0 Å². The van der Waals surface area contributed by atoms with Crippen LogP contribution in [0.2, 0.25) is 0 Å². The Morgan fingerprint density at radius 2 is 2.04 bits per heavy atom. The summed E-state index contributed by atoms with van der Waals surface area (Å²) in [5.74, 6) is 0. The fourth-order valence-corrected chi connectivity index (χ4v) is 2.69. The van der Waals surface area contributed by atoms with E-state index in [1.165, 1.54) is 4.90 Å². The van der Waals surface area contributed by atoms with Crippen molar-refractivity contribution in [2.24, 2.45) is 0 Å². The Morgan fingerprint density at radius 1 is 1.43 bits per heavy atom. The van der Waals surface area contributed by atoms with Gasteiger partial charge in [-0.15, -0.1) is 0 Å². The number of hydrogen-bond acceptors (Lipinski definition) is 5. The summed E-state index contributed by atoms with van der Waals surface area (Å²) in [5.41, 5.74) is 1.27. The first-order chi connectivity index (χ1) is 10.7. The van der Waals surface area contributed by atoms with Crippen molar-refractivity contribution in [1.29, 1.82) is 0 Å². The number of benzene rings is 1. The highest BCUT2D eigenvalue weighted by molar-refractivity contribution is 5.69. The van der Waals surface area contributed by atoms with Crippen LogP contribution in [-0.4, -0.2) is 45.3 Å². The average Bonchev–Trinajstić information content (AvgIpc) is 2.43. The summed E-state index contributed by atoms with van der Waals surface area (Å²) >= 11 is 0. The molecule has 0 spiro atoms. The van der Waals surface area contributed by atoms with Gasteiger partial charge in [-0.05, 0) is 38.3 Å². The first-order valence-electron chi connectivity index (χ1n) is 7.53. The Morgan fingerprint density at radius 3 is 2.61 bits per heavy atom. The number of fused-ring (bicyclic) bond motifs is 1. The van der Waals surface area contributed by atoms with E-state index < -0.39 is 35.3 Å². The monoisotopic (exact) mass is 322 g/mol. The molecule has 0 saturated carbocycles. The Kier molecular flexibility index (Phi) is 4.89. The molecule has 1 aromatic rings. The lowest BCUT2D eigenvalue weighted by atomic mass is 9.91. The smallest absolute Gasteiger partial charge is 0.410 e. The van der Waals surface area contributed by atoms with E-state index in [4.69, 9.17) is 4.74 Å². The van der Waals surface area contributed by atoms with Gasteiger partial charge in [0, 0.05) is 11.5 Å². The van der Waals surface area contributed by atoms with Crippen LogP contribution in [0.25, 0.3) is 0 Å². The molecule has 1 amide bonds. The number of amides is 1. The normalized spacial score (nSPS) is 19.0. The van der Waals surface area contributed by atoms with Crippen molar-refractivity contribution in [3.63, 3.8) is 0 Å². The molecule has 7 nitrogen and oxygen atoms in total. The summed E-state index contributed by atoms with van der Waals surface area (Å²) in [6.07, 6.45) is -1.45. The van der Waals surface area contributed by atoms with E-state index >= 15 is 0 Å². The lowest BCUT2D eigenvalue weighted by Gasteiger charge is -2.39. The maximum Gasteiger partial charge on any atom is 0.410 e. The topological polar surface area (TPSA) is 92.9 Å². The third kappa shape index (κ3) is 4.41. The van der Waals surface area contributed by atoms with Crippen LogP contribution >= 0.6 is 0 Å². The number of nitrogens with zero attached hydrogens (tertiary/aromatic N) is 2. The Labute approximate surface area is 135 Å². The minimum Gasteiger partial charge on any atom is -0.444 e. The first kappa shape index (κ1) is 17.2. The summed E-state index contributed by atoms with van der Waals surface area (Å²) in [5, 5.41) is 20.9. The van der Waals surface area contributed by atoms with Gasteiger partial charge in [-0.25, -0.2) is 4.79 Å². The molecule has 0 radical (unpaired) electrons. The predicted octanol–water partition coefficient (Wildman–Crippen LogP) is 1.99. The number of carbonyl (C=O) groups is 1. The second-order valence-electron chi connectivity index (χ2n) is 6.73. The molecule has 23 heavy (non-hydrogen) atoms. The molecule has 2 rings (SSSR count). The maximum absolute atomic E-state index is 12.4. The van der Waals surface area contributed by atoms with Crippen LogP contribution in [0.3, 0.4) is 0 Å². The van der Waals surface area contributed by atoms with Crippen molar-refractivity contribution >= 4 is 6.09 Å². The standard InChI is InChI=1S/C16H22N2O5/c1-16(2,3)23-15(20)17-9-12-7-5-4-6-11(12)8-13(17)14(19)10-18(21)22/h4-7,13-14,19H,8-10H2,1-3H3/t13-,14+/m1/s1. The third-order valence-corrected chi connectivity index (χ3v) is 3.70. The lowest BCUT2D eigenvalue weighted by Crippen LogP contribution is -2.53. The summed E-state index contributed by atoms with van der Waals surface area (Å²) in [6.45, 7) is 4.93. The van der Waals surface area contributed by atoms with Gasteiger partial charge in [-0.3, -0.25) is 15.0 Å². The molecule has 126 valence electrons. The van der Waals surface area contributed by atoms with Crippen LogP contribution in [0.15, 0.2) is 24.3 Å². The number of rotatable bonds is 3. The van der Waals surface area contributed by atoms with Gasteiger partial charge in [0.25, 0.3) is 0 Å². The Hall–Kier alpha value is -2.15. The molecule has 1 aliphatic heterocycles. The molecule has 2 atom stereocenters. The minimum atomic E-state index is -1.24. The number of nitro groups is 1. The van der Waals surface area contributed by atoms with E-state index in [9.17, 15) is 20.0 Å². The molecule has 1 aromatic carbocycles. The molecule has 0 aromatic heterocycles. The van der Waals surface area contributed by atoms with E-state index in [1.54, 1.807) is 20.8 Å². The first-order valence-corrected chi connectivity index (χ1v) is 7.53. The maximum atomic E-state index is 12.4. The van der Waals surface area contributed by atoms with Crippen LogP contribution in [0.4, 0.5) is 4.79 Å². The van der Waals surface area contributed by atoms with E-state index in [2.05, 4.69) is 0 Å². The van der Waals surface area contributed by atoms with Gasteiger partial charge in [0.2, 0.25) is 6.54 Å². The zero-order valence-electron chi connectivity index (χ0n) is 13.6. The molecule has 0 fully saturated rings. The lowest BCUT2D eigenvalue weighted by molar-refractivity contribution is -0.491. The second kappa shape index (κ2) is 6.54. The van der Waals surface area contributed by atoms with Gasteiger partial charge in [0.15, 0.2) is 0 Å². The molecule has 0 aliphatic carbocycles. The minimum absolute atomic E-state index is 0.268. The van der Waals surface area contributed by atoms with Crippen LogP contribution in [0, 0.1) is 10.1 Å². The molecular formula is C16H22N2O5. The molecule has 1 N–H and O–H groups in total. The van der Waals surface area contributed by atoms with Gasteiger partial charge in [0.1, 0.15) is 11.7 Å². The molecule has 0 unspecified atom stereocenters. The van der Waals surface area contributed by atoms with Gasteiger partial charge in [0.05, 0.1) is 6.04 Å². The summed E-state index contributed by atoms with van der Waals surface area (Å²) in [7, 11) is 0. The number of carbonyl (C=O) groups excluding carboxylic acids is 1. The highest BCUT2D eigenvalue weighted by Gasteiger charge is 2.38. The van der Waals surface area contributed by atoms with Gasteiger partial charge in [-0.2, -0.15) is 0 Å². The van der Waals surface area contributed by atoms with Crippen molar-refractivity contribution in [1.82, 2.24) is 4.90 Å². The van der Waals surface area contributed by atoms with Gasteiger partial charge < -0.3 is 9.84 Å². The zero-order chi connectivity index (χ0) is 17.2. The largest absolute Gasteiger partial charge is 0.444 e. The molecule has 7 heteroatoms. The molecule has 1 heterocycles. The average molecular weight is 322 g/mol. The van der Waals surface area contributed by atoms with E-state index in [1.807, 2.05) is 24.3 Å². The number of aliphatic hydroxyl groups is 1. The van der Waals surface area contributed by atoms with E-state index in [-0.39, 0.29) is 6.54 Å². The number of ether oxygens (including phenoxy) is 1. The molecular weight excluding hydrogens is 300 g/mol. The fraction of sp³-hybridized carbons (Fsp3) is 0.562. The highest BCUT2D eigenvalue weighted by atomic mass is 16.6. The molecule has 0 saturated heterocycles. The van der Waals surface area contributed by atoms with Crippen molar-refractivity contribution in [3.05, 3.63) is 45.5 Å². The van der Waals surface area contributed by atoms with Crippen molar-refractivity contribution < 1.29 is 19.6 Å². The third-order valence-electron chi connectivity index (χ3n) is 3.70. The van der Waals surface area contributed by atoms with Crippen molar-refractivity contribution in [3.8, 4) is 0 Å². The van der Waals surface area contributed by atoms with E-state index in [0.717, 1.165) is 11.1 Å². The van der Waals surface area contributed by atoms with Crippen LogP contribution in [0.1, 0.15) is 31.9 Å². The van der Waals surface area contributed by atoms with Gasteiger partial charge in [-0.1, -0.05) is 24.3 Å². The Balaban J connectivity index is 2.27. The SMILES string of the molecule is CC(C)(C)OC(=O)N1Cc2ccccc2C[C@@H]1[C@@H](O)C[N+](=O)[O-]. The summed E-state index contributed by atoms with van der Waals surface area (Å²) in [6, 6.07) is 6.89. The van der Waals surface area contributed by atoms with Crippen molar-refractivity contribution in [2.45, 2.75) is 51.5 Å². The quantitative estimate of drug-likeness (QED) is 0.678. The summed E-state index contributed by atoms with van der Waals surface area (Å²) in [4.78, 5) is 24.0. The van der Waals surface area contributed by atoms with Gasteiger partial charge >= 0.3 is 6.09 Å². The van der Waals surface area contributed by atoms with Crippen molar-refractivity contribution in [2.75, 3.05) is 6.54 Å². The zero-order valence-corrected chi connectivity index (χ0v) is 13.6. The van der Waals surface area contributed by atoms with Crippen LogP contribution in [-0.2, 0) is 17.7 Å². The predicted molar refractivity (Wildman–Crippen MR) is 83.6 cm³/mol. The van der Waals surface area contributed by atoms with Crippen LogP contribution in [0.5, 0.6) is 0 Å². The second-order valence-corrected chi connectivity index (χ2v) is 6.73. The number of aliphatic hydroxyl groups excluding tert-OH is 1. The highest BCUT2D eigenvalue weighted by Crippen LogP contribution is 2.27. The molecule has 0 bridgehead atoms. The fourth-order valence-electron chi connectivity index (χ4n) is 2.69. The number of hydrogen-bond donors (Lipinski definition) is 1. The summed E-state index contributed by atoms with van der Waals surface area (Å²) < 4.78 is 5.38. The molecule has 1 aliphatic rings. The van der Waals surface area contributed by atoms with E-state index in [0.29, 0.717) is 6.42 Å². The Bertz CT molecular complexity index is 596.